The number of aromatic nitrogens is 1. The highest BCUT2D eigenvalue weighted by atomic mass is 32.1. The van der Waals surface area contributed by atoms with Crippen molar-refractivity contribution in [2.24, 2.45) is 0 Å². The molecule has 0 saturated heterocycles. The molecular formula is C15H18N2O2S. The van der Waals surface area contributed by atoms with Gasteiger partial charge in [-0.25, -0.2) is 4.98 Å². The van der Waals surface area contributed by atoms with Crippen molar-refractivity contribution in [2.45, 2.75) is 26.4 Å². The Hall–Kier alpha value is -1.59. The Labute approximate surface area is 122 Å². The van der Waals surface area contributed by atoms with E-state index in [-0.39, 0.29) is 0 Å². The number of nitrogens with zero attached hydrogens (tertiary/aromatic N) is 1. The molecule has 0 amide bonds. The largest absolute Gasteiger partial charge is 0.490 e. The van der Waals surface area contributed by atoms with Crippen molar-refractivity contribution in [2.75, 3.05) is 13.2 Å². The minimum absolute atomic E-state index is 0.724. The summed E-state index contributed by atoms with van der Waals surface area (Å²) in [6, 6.07) is 6.12. The van der Waals surface area contributed by atoms with Crippen LogP contribution in [0.15, 0.2) is 23.6 Å². The lowest BCUT2D eigenvalue weighted by Crippen LogP contribution is -2.13. The number of hydrogen-bond donors (Lipinski definition) is 1. The number of rotatable bonds is 4. The zero-order chi connectivity index (χ0) is 13.8. The highest BCUT2D eigenvalue weighted by molar-refractivity contribution is 7.09. The van der Waals surface area contributed by atoms with Crippen LogP contribution in [0.3, 0.4) is 0 Å². The van der Waals surface area contributed by atoms with E-state index in [0.29, 0.717) is 0 Å². The van der Waals surface area contributed by atoms with Gasteiger partial charge in [0, 0.05) is 24.9 Å². The fourth-order valence-corrected chi connectivity index (χ4v) is 2.75. The molecule has 2 aromatic rings. The van der Waals surface area contributed by atoms with E-state index in [9.17, 15) is 0 Å². The number of nitrogens with one attached hydrogen (secondary N) is 1. The molecule has 1 N–H and O–H groups in total. The summed E-state index contributed by atoms with van der Waals surface area (Å²) in [4.78, 5) is 4.44. The summed E-state index contributed by atoms with van der Waals surface area (Å²) in [5.41, 5.74) is 2.29. The molecule has 4 nitrogen and oxygen atoms in total. The highest BCUT2D eigenvalue weighted by Gasteiger charge is 2.10. The Morgan fingerprint density at radius 3 is 2.85 bits per heavy atom. The van der Waals surface area contributed by atoms with Gasteiger partial charge in [0.1, 0.15) is 0 Å². The maximum atomic E-state index is 5.69. The van der Waals surface area contributed by atoms with Crippen LogP contribution in [0, 0.1) is 6.92 Å². The minimum atomic E-state index is 0.724. The van der Waals surface area contributed by atoms with Crippen LogP contribution in [-0.2, 0) is 13.1 Å². The molecule has 0 unspecified atom stereocenters. The quantitative estimate of drug-likeness (QED) is 0.940. The zero-order valence-corrected chi connectivity index (χ0v) is 12.3. The average Bonchev–Trinajstić information content (AvgIpc) is 2.73. The normalized spacial score (nSPS) is 14.1. The van der Waals surface area contributed by atoms with Crippen molar-refractivity contribution < 1.29 is 9.47 Å². The second kappa shape index (κ2) is 6.24. The van der Waals surface area contributed by atoms with Crippen molar-refractivity contribution in [3.63, 3.8) is 0 Å². The van der Waals surface area contributed by atoms with Gasteiger partial charge in [-0.05, 0) is 24.6 Å². The van der Waals surface area contributed by atoms with Crippen molar-refractivity contribution in [1.82, 2.24) is 10.3 Å². The molecule has 0 atom stereocenters. The highest BCUT2D eigenvalue weighted by Crippen LogP contribution is 2.30. The molecule has 1 aromatic carbocycles. The Bertz CT molecular complexity index is 583. The van der Waals surface area contributed by atoms with Gasteiger partial charge in [-0.1, -0.05) is 6.07 Å². The molecule has 106 valence electrons. The van der Waals surface area contributed by atoms with Gasteiger partial charge in [-0.2, -0.15) is 0 Å². The Balaban J connectivity index is 1.59. The second-order valence-corrected chi connectivity index (χ2v) is 5.86. The van der Waals surface area contributed by atoms with Gasteiger partial charge >= 0.3 is 0 Å². The third kappa shape index (κ3) is 3.29. The van der Waals surface area contributed by atoms with Gasteiger partial charge in [-0.3, -0.25) is 0 Å². The van der Waals surface area contributed by atoms with E-state index in [1.807, 2.05) is 13.0 Å². The summed E-state index contributed by atoms with van der Waals surface area (Å²) in [5, 5.41) is 6.60. The van der Waals surface area contributed by atoms with Crippen LogP contribution in [-0.4, -0.2) is 18.2 Å². The third-order valence-electron chi connectivity index (χ3n) is 3.11. The molecule has 0 fully saturated rings. The van der Waals surface area contributed by atoms with E-state index < -0.39 is 0 Å². The number of ether oxygens (including phenoxy) is 2. The first-order chi connectivity index (χ1) is 9.81. The summed E-state index contributed by atoms with van der Waals surface area (Å²) < 4.78 is 11.3. The second-order valence-electron chi connectivity index (χ2n) is 4.79. The van der Waals surface area contributed by atoms with Gasteiger partial charge in [0.05, 0.1) is 23.9 Å². The van der Waals surface area contributed by atoms with E-state index >= 15 is 0 Å². The average molecular weight is 290 g/mol. The number of thiazole rings is 1. The molecule has 0 aliphatic carbocycles. The molecule has 1 aliphatic rings. The van der Waals surface area contributed by atoms with Gasteiger partial charge < -0.3 is 14.8 Å². The van der Waals surface area contributed by atoms with Crippen LogP contribution in [0.5, 0.6) is 11.5 Å². The zero-order valence-electron chi connectivity index (χ0n) is 11.5. The van der Waals surface area contributed by atoms with Gasteiger partial charge in [0.2, 0.25) is 0 Å². The molecule has 1 aromatic heterocycles. The Morgan fingerprint density at radius 2 is 2.05 bits per heavy atom. The van der Waals surface area contributed by atoms with Crippen LogP contribution in [0.2, 0.25) is 0 Å². The molecule has 3 rings (SSSR count). The summed E-state index contributed by atoms with van der Waals surface area (Å²) in [6.45, 7) is 5.07. The number of hydrogen-bond acceptors (Lipinski definition) is 5. The fraction of sp³-hybridized carbons (Fsp3) is 0.400. The van der Waals surface area contributed by atoms with Crippen LogP contribution in [0.1, 0.15) is 22.7 Å². The number of aryl methyl sites for hydroxylation is 1. The lowest BCUT2D eigenvalue weighted by atomic mass is 10.2. The van der Waals surface area contributed by atoms with Gasteiger partial charge in [-0.15, -0.1) is 11.3 Å². The van der Waals surface area contributed by atoms with Crippen molar-refractivity contribution in [3.05, 3.63) is 39.8 Å². The van der Waals surface area contributed by atoms with E-state index in [1.54, 1.807) is 11.3 Å². The molecule has 5 heteroatoms. The summed E-state index contributed by atoms with van der Waals surface area (Å²) in [7, 11) is 0. The molecule has 0 radical (unpaired) electrons. The van der Waals surface area contributed by atoms with Gasteiger partial charge in [0.25, 0.3) is 0 Å². The molecule has 0 saturated carbocycles. The molecule has 1 aliphatic heterocycles. The number of fused-ring (bicyclic) bond motifs is 1. The van der Waals surface area contributed by atoms with Crippen molar-refractivity contribution in [3.8, 4) is 11.5 Å². The Morgan fingerprint density at radius 1 is 1.20 bits per heavy atom. The lowest BCUT2D eigenvalue weighted by molar-refractivity contribution is 0.297. The third-order valence-corrected chi connectivity index (χ3v) is 3.94. The first-order valence-electron chi connectivity index (χ1n) is 6.81. The van der Waals surface area contributed by atoms with Crippen molar-refractivity contribution >= 4 is 11.3 Å². The summed E-state index contributed by atoms with van der Waals surface area (Å²) >= 11 is 1.68. The molecular weight excluding hydrogens is 272 g/mol. The molecule has 0 spiro atoms. The van der Waals surface area contributed by atoms with E-state index in [4.69, 9.17) is 9.47 Å². The monoisotopic (exact) mass is 290 g/mol. The topological polar surface area (TPSA) is 43.4 Å². The maximum absolute atomic E-state index is 5.69. The minimum Gasteiger partial charge on any atom is -0.490 e. The summed E-state index contributed by atoms with van der Waals surface area (Å²) in [5.74, 6) is 1.70. The van der Waals surface area contributed by atoms with Crippen LogP contribution < -0.4 is 14.8 Å². The maximum Gasteiger partial charge on any atom is 0.161 e. The van der Waals surface area contributed by atoms with E-state index in [0.717, 1.165) is 54.9 Å². The van der Waals surface area contributed by atoms with Crippen LogP contribution in [0.4, 0.5) is 0 Å². The molecule has 2 heterocycles. The fourth-order valence-electron chi connectivity index (χ4n) is 2.14. The van der Waals surface area contributed by atoms with Crippen LogP contribution >= 0.6 is 11.3 Å². The number of benzene rings is 1. The smallest absolute Gasteiger partial charge is 0.161 e. The van der Waals surface area contributed by atoms with Gasteiger partial charge in [0.15, 0.2) is 11.5 Å². The lowest BCUT2D eigenvalue weighted by Gasteiger charge is -2.09. The van der Waals surface area contributed by atoms with Crippen LogP contribution in [0.25, 0.3) is 0 Å². The Kier molecular flexibility index (Phi) is 4.18. The first-order valence-corrected chi connectivity index (χ1v) is 7.69. The predicted molar refractivity (Wildman–Crippen MR) is 79.4 cm³/mol. The SMILES string of the molecule is Cc1nc(CNCc2ccc3c(c2)OCCCO3)cs1. The van der Waals surface area contributed by atoms with E-state index in [1.165, 1.54) is 5.56 Å². The molecule has 20 heavy (non-hydrogen) atoms. The predicted octanol–water partition coefficient (Wildman–Crippen LogP) is 2.90. The molecule has 0 bridgehead atoms. The van der Waals surface area contributed by atoms with Crippen molar-refractivity contribution in [1.29, 1.82) is 0 Å². The summed E-state index contributed by atoms with van der Waals surface area (Å²) in [6.07, 6.45) is 0.936. The standard InChI is InChI=1S/C15H18N2O2S/c1-11-17-13(10-20-11)9-16-8-12-3-4-14-15(7-12)19-6-2-5-18-14/h3-4,7,10,16H,2,5-6,8-9H2,1H3. The van der Waals surface area contributed by atoms with E-state index in [2.05, 4.69) is 27.8 Å². The first kappa shape index (κ1) is 13.4.